The Morgan fingerprint density at radius 1 is 1.41 bits per heavy atom. The molecule has 0 atom stereocenters. The van der Waals surface area contributed by atoms with Crippen molar-refractivity contribution in [3.63, 3.8) is 0 Å². The topological polar surface area (TPSA) is 122 Å². The van der Waals surface area contributed by atoms with E-state index >= 15 is 0 Å². The predicted molar refractivity (Wildman–Crippen MR) is 52.0 cm³/mol. The Labute approximate surface area is 94.0 Å². The number of carboxylic acid groups (broad SMARTS) is 1. The summed E-state index contributed by atoms with van der Waals surface area (Å²) in [7, 11) is 0. The summed E-state index contributed by atoms with van der Waals surface area (Å²) in [6.07, 6.45) is -1.58. The molecule has 0 spiro atoms. The normalized spacial score (nSPS) is 9.24. The van der Waals surface area contributed by atoms with Crippen molar-refractivity contribution in [1.29, 1.82) is 5.26 Å². The van der Waals surface area contributed by atoms with Crippen LogP contribution in [0.1, 0.15) is 15.9 Å². The molecule has 1 rings (SSSR count). The molecule has 0 bridgehead atoms. The summed E-state index contributed by atoms with van der Waals surface area (Å²) in [6, 6.07) is 3.57. The fraction of sp³-hybridized carbons (Fsp3) is 0. The van der Waals surface area contributed by atoms with Gasteiger partial charge in [-0.2, -0.15) is 5.26 Å². The minimum Gasteiger partial charge on any atom is -0.465 e. The van der Waals surface area contributed by atoms with Gasteiger partial charge in [-0.3, -0.25) is 15.3 Å². The van der Waals surface area contributed by atoms with Crippen LogP contribution in [0.15, 0.2) is 12.1 Å². The van der Waals surface area contributed by atoms with Crippen molar-refractivity contribution >= 4 is 17.7 Å². The van der Waals surface area contributed by atoms with E-state index in [1.165, 1.54) is 5.48 Å². The average molecular weight is 239 g/mol. The molecule has 0 unspecified atom stereocenters. The first-order chi connectivity index (χ1) is 8.01. The highest BCUT2D eigenvalue weighted by Crippen LogP contribution is 2.22. The van der Waals surface area contributed by atoms with E-state index in [2.05, 4.69) is 0 Å². The van der Waals surface area contributed by atoms with E-state index in [1.807, 2.05) is 0 Å². The number of nitriles is 1. The molecule has 0 heterocycles. The van der Waals surface area contributed by atoms with Gasteiger partial charge in [0.05, 0.1) is 16.8 Å². The average Bonchev–Trinajstić information content (AvgIpc) is 2.30. The summed E-state index contributed by atoms with van der Waals surface area (Å²) >= 11 is 0. The van der Waals surface area contributed by atoms with E-state index in [9.17, 15) is 14.0 Å². The van der Waals surface area contributed by atoms with Gasteiger partial charge in [0.15, 0.2) is 5.82 Å². The maximum Gasteiger partial charge on any atom is 0.409 e. The quantitative estimate of drug-likeness (QED) is 0.451. The molecule has 88 valence electrons. The molecule has 7 nitrogen and oxygen atoms in total. The Morgan fingerprint density at radius 3 is 2.53 bits per heavy atom. The number of anilines is 1. The summed E-state index contributed by atoms with van der Waals surface area (Å²) in [5, 5.41) is 27.1. The first-order valence-corrected chi connectivity index (χ1v) is 4.18. The van der Waals surface area contributed by atoms with Crippen LogP contribution in [0.2, 0.25) is 0 Å². The van der Waals surface area contributed by atoms with Crippen LogP contribution in [0.3, 0.4) is 0 Å². The molecule has 1 aromatic carbocycles. The van der Waals surface area contributed by atoms with Crippen molar-refractivity contribution in [2.75, 3.05) is 5.32 Å². The minimum absolute atomic E-state index is 0.278. The highest BCUT2D eigenvalue weighted by molar-refractivity contribution is 5.96. The standard InChI is InChI=1S/C9H6FN3O4/c10-6-5(8(14)13-17)2-1-4(3-11)7(6)12-9(15)16/h1-2,12,17H,(H,13,14)(H,15,16). The molecule has 4 N–H and O–H groups in total. The van der Waals surface area contributed by atoms with Gasteiger partial charge in [0.25, 0.3) is 5.91 Å². The smallest absolute Gasteiger partial charge is 0.409 e. The number of carbonyl (C=O) groups is 2. The SMILES string of the molecule is N#Cc1ccc(C(=O)NO)c(F)c1NC(=O)O. The van der Waals surface area contributed by atoms with E-state index in [4.69, 9.17) is 15.6 Å². The number of halogens is 1. The second-order valence-electron chi connectivity index (χ2n) is 2.83. The Morgan fingerprint density at radius 2 is 2.06 bits per heavy atom. The first-order valence-electron chi connectivity index (χ1n) is 4.18. The van der Waals surface area contributed by atoms with Gasteiger partial charge in [0.2, 0.25) is 0 Å². The van der Waals surface area contributed by atoms with Gasteiger partial charge >= 0.3 is 6.09 Å². The largest absolute Gasteiger partial charge is 0.465 e. The van der Waals surface area contributed by atoms with Crippen molar-refractivity contribution < 1.29 is 24.3 Å². The monoisotopic (exact) mass is 239 g/mol. The lowest BCUT2D eigenvalue weighted by Crippen LogP contribution is -2.21. The molecule has 0 saturated carbocycles. The van der Waals surface area contributed by atoms with Gasteiger partial charge in [-0.15, -0.1) is 0 Å². The lowest BCUT2D eigenvalue weighted by atomic mass is 10.1. The van der Waals surface area contributed by atoms with Crippen molar-refractivity contribution in [1.82, 2.24) is 5.48 Å². The van der Waals surface area contributed by atoms with Gasteiger partial charge in [-0.05, 0) is 12.1 Å². The molecule has 0 saturated heterocycles. The highest BCUT2D eigenvalue weighted by Gasteiger charge is 2.19. The van der Waals surface area contributed by atoms with Gasteiger partial charge in [-0.25, -0.2) is 14.7 Å². The zero-order valence-corrected chi connectivity index (χ0v) is 8.19. The maximum atomic E-state index is 13.7. The molecule has 0 aliphatic rings. The summed E-state index contributed by atoms with van der Waals surface area (Å²) in [6.45, 7) is 0. The number of benzene rings is 1. The van der Waals surface area contributed by atoms with Crippen LogP contribution < -0.4 is 10.8 Å². The van der Waals surface area contributed by atoms with Crippen LogP contribution in [0.5, 0.6) is 0 Å². The van der Waals surface area contributed by atoms with E-state index in [1.54, 1.807) is 11.4 Å². The lowest BCUT2D eigenvalue weighted by molar-refractivity contribution is 0.0702. The second-order valence-corrected chi connectivity index (χ2v) is 2.83. The summed E-state index contributed by atoms with van der Waals surface area (Å²) in [5.41, 5.74) is -0.301. The third-order valence-electron chi connectivity index (χ3n) is 1.84. The molecule has 0 aliphatic heterocycles. The molecule has 8 heteroatoms. The molecule has 1 aromatic rings. The number of carbonyl (C=O) groups excluding carboxylic acids is 1. The zero-order chi connectivity index (χ0) is 13.0. The zero-order valence-electron chi connectivity index (χ0n) is 8.19. The van der Waals surface area contributed by atoms with Crippen LogP contribution >= 0.6 is 0 Å². The maximum absolute atomic E-state index is 13.7. The van der Waals surface area contributed by atoms with E-state index in [0.29, 0.717) is 0 Å². The molecule has 17 heavy (non-hydrogen) atoms. The summed E-state index contributed by atoms with van der Waals surface area (Å²) in [5.74, 6) is -2.39. The third-order valence-corrected chi connectivity index (χ3v) is 1.84. The lowest BCUT2D eigenvalue weighted by Gasteiger charge is -2.08. The Bertz CT molecular complexity index is 524. The molecule has 0 fully saturated rings. The Hall–Kier alpha value is -2.66. The van der Waals surface area contributed by atoms with Gasteiger partial charge < -0.3 is 5.11 Å². The van der Waals surface area contributed by atoms with Gasteiger partial charge in [0.1, 0.15) is 6.07 Å². The minimum atomic E-state index is -1.58. The summed E-state index contributed by atoms with van der Waals surface area (Å²) < 4.78 is 13.7. The molecular weight excluding hydrogens is 233 g/mol. The van der Waals surface area contributed by atoms with Gasteiger partial charge in [0, 0.05) is 0 Å². The summed E-state index contributed by atoms with van der Waals surface area (Å²) in [4.78, 5) is 21.4. The van der Waals surface area contributed by atoms with Crippen molar-refractivity contribution in [2.45, 2.75) is 0 Å². The van der Waals surface area contributed by atoms with E-state index < -0.39 is 29.1 Å². The second kappa shape index (κ2) is 4.91. The Balaban J connectivity index is 3.38. The fourth-order valence-corrected chi connectivity index (χ4v) is 1.13. The number of hydrogen-bond donors (Lipinski definition) is 4. The van der Waals surface area contributed by atoms with Crippen molar-refractivity contribution in [2.24, 2.45) is 0 Å². The highest BCUT2D eigenvalue weighted by atomic mass is 19.1. The predicted octanol–water partition coefficient (Wildman–Crippen LogP) is 0.906. The molecule has 0 radical (unpaired) electrons. The van der Waals surface area contributed by atoms with Gasteiger partial charge in [-0.1, -0.05) is 0 Å². The fourth-order valence-electron chi connectivity index (χ4n) is 1.13. The van der Waals surface area contributed by atoms with Crippen LogP contribution in [0, 0.1) is 17.1 Å². The molecule has 2 amide bonds. The molecule has 0 aliphatic carbocycles. The van der Waals surface area contributed by atoms with Crippen LogP contribution in [-0.2, 0) is 0 Å². The third kappa shape index (κ3) is 2.47. The number of hydrogen-bond acceptors (Lipinski definition) is 4. The van der Waals surface area contributed by atoms with Crippen molar-refractivity contribution in [3.05, 3.63) is 29.1 Å². The molecular formula is C9H6FN3O4. The van der Waals surface area contributed by atoms with E-state index in [0.717, 1.165) is 12.1 Å². The number of rotatable bonds is 2. The van der Waals surface area contributed by atoms with Crippen LogP contribution in [0.4, 0.5) is 14.9 Å². The Kier molecular flexibility index (Phi) is 3.58. The first kappa shape index (κ1) is 12.4. The number of hydroxylamine groups is 1. The van der Waals surface area contributed by atoms with E-state index in [-0.39, 0.29) is 5.56 Å². The van der Waals surface area contributed by atoms with Crippen molar-refractivity contribution in [3.8, 4) is 6.07 Å². The number of amides is 2. The number of nitrogens with one attached hydrogen (secondary N) is 2. The van der Waals surface area contributed by atoms with Crippen LogP contribution in [0.25, 0.3) is 0 Å². The molecule has 0 aromatic heterocycles. The number of nitrogens with zero attached hydrogens (tertiary/aromatic N) is 1. The van der Waals surface area contributed by atoms with Crippen LogP contribution in [-0.4, -0.2) is 22.3 Å².